The minimum absolute atomic E-state index is 0.0397. The van der Waals surface area contributed by atoms with Crippen LogP contribution in [-0.4, -0.2) is 11.8 Å². The molecule has 6 nitrogen and oxygen atoms in total. The summed E-state index contributed by atoms with van der Waals surface area (Å²) in [6.45, 7) is 0. The van der Waals surface area contributed by atoms with Crippen molar-refractivity contribution < 1.29 is 9.59 Å². The number of rotatable bonds is 9. The van der Waals surface area contributed by atoms with Crippen LogP contribution in [0.4, 0.5) is 10.0 Å². The molecule has 0 radical (unpaired) electrons. The number of amides is 2. The van der Waals surface area contributed by atoms with Crippen LogP contribution >= 0.6 is 22.7 Å². The molecule has 4 rings (SSSR count). The highest BCUT2D eigenvalue weighted by Gasteiger charge is 2.22. The van der Waals surface area contributed by atoms with Crippen LogP contribution in [0.1, 0.15) is 109 Å². The monoisotopic (exact) mass is 522 g/mol. The highest BCUT2D eigenvalue weighted by Crippen LogP contribution is 2.38. The van der Waals surface area contributed by atoms with E-state index in [1.807, 2.05) is 0 Å². The number of nitriles is 2. The summed E-state index contributed by atoms with van der Waals surface area (Å²) in [4.78, 5) is 27.5. The molecular weight excluding hydrogens is 488 g/mol. The van der Waals surface area contributed by atoms with Crippen LogP contribution in [0, 0.1) is 22.7 Å². The Morgan fingerprint density at radius 1 is 0.639 bits per heavy atom. The Morgan fingerprint density at radius 3 is 1.47 bits per heavy atom. The maximum Gasteiger partial charge on any atom is 0.225 e. The average Bonchev–Trinajstić information content (AvgIpc) is 3.12. The first-order valence-electron chi connectivity index (χ1n) is 13.3. The van der Waals surface area contributed by atoms with Gasteiger partial charge in [0.1, 0.15) is 22.1 Å². The molecule has 190 valence electrons. The molecule has 2 aliphatic rings. The number of hydrogen-bond donors (Lipinski definition) is 2. The molecular formula is C28H34N4O2S2. The number of nitrogens with zero attached hydrogens (tertiary/aromatic N) is 2. The summed E-state index contributed by atoms with van der Waals surface area (Å²) in [7, 11) is 0. The molecule has 2 aromatic heterocycles. The fraction of sp³-hybridized carbons (Fsp3) is 0.571. The van der Waals surface area contributed by atoms with Gasteiger partial charge in [-0.1, -0.05) is 25.7 Å². The lowest BCUT2D eigenvalue weighted by Crippen LogP contribution is -2.12. The van der Waals surface area contributed by atoms with E-state index in [0.717, 1.165) is 88.2 Å². The van der Waals surface area contributed by atoms with Crippen LogP contribution in [-0.2, 0) is 35.3 Å². The van der Waals surface area contributed by atoms with Crippen LogP contribution in [0.25, 0.3) is 0 Å². The van der Waals surface area contributed by atoms with Crippen LogP contribution in [0.5, 0.6) is 0 Å². The van der Waals surface area contributed by atoms with E-state index in [1.165, 1.54) is 22.6 Å². The lowest BCUT2D eigenvalue weighted by Gasteiger charge is -2.05. The molecule has 0 spiro atoms. The SMILES string of the molecule is N#Cc1c(NC(=O)CCCCCCC(=O)Nc2sc3c(c2C#N)CCCCC3)sc2c1CCCCC2. The van der Waals surface area contributed by atoms with Crippen molar-refractivity contribution in [1.29, 1.82) is 10.5 Å². The van der Waals surface area contributed by atoms with Crippen molar-refractivity contribution in [3.8, 4) is 12.1 Å². The minimum atomic E-state index is -0.0397. The second kappa shape index (κ2) is 13.0. The molecule has 2 aromatic rings. The van der Waals surface area contributed by atoms with Crippen molar-refractivity contribution in [3.05, 3.63) is 32.0 Å². The Morgan fingerprint density at radius 2 is 1.06 bits per heavy atom. The van der Waals surface area contributed by atoms with Gasteiger partial charge in [0, 0.05) is 22.6 Å². The molecule has 2 amide bonds. The van der Waals surface area contributed by atoms with Gasteiger partial charge in [-0.05, 0) is 75.3 Å². The first-order valence-corrected chi connectivity index (χ1v) is 14.9. The van der Waals surface area contributed by atoms with Gasteiger partial charge in [0.15, 0.2) is 0 Å². The Bertz CT molecular complexity index is 1090. The molecule has 8 heteroatoms. The van der Waals surface area contributed by atoms with E-state index in [9.17, 15) is 20.1 Å². The van der Waals surface area contributed by atoms with E-state index >= 15 is 0 Å². The van der Waals surface area contributed by atoms with E-state index in [2.05, 4.69) is 22.8 Å². The van der Waals surface area contributed by atoms with Gasteiger partial charge in [-0.25, -0.2) is 0 Å². The maximum atomic E-state index is 12.5. The van der Waals surface area contributed by atoms with E-state index in [1.54, 1.807) is 22.7 Å². The second-order valence-corrected chi connectivity index (χ2v) is 12.0. The van der Waals surface area contributed by atoms with E-state index in [4.69, 9.17) is 0 Å². The van der Waals surface area contributed by atoms with Crippen LogP contribution in [0.15, 0.2) is 0 Å². The number of thiophene rings is 2. The summed E-state index contributed by atoms with van der Waals surface area (Å²) >= 11 is 3.15. The number of aryl methyl sites for hydroxylation is 2. The highest BCUT2D eigenvalue weighted by molar-refractivity contribution is 7.17. The summed E-state index contributed by atoms with van der Waals surface area (Å²) in [5.74, 6) is -0.0794. The van der Waals surface area contributed by atoms with Gasteiger partial charge < -0.3 is 10.6 Å². The van der Waals surface area contributed by atoms with Gasteiger partial charge in [0.2, 0.25) is 11.8 Å². The van der Waals surface area contributed by atoms with Crippen molar-refractivity contribution in [1.82, 2.24) is 0 Å². The van der Waals surface area contributed by atoms with Gasteiger partial charge in [-0.3, -0.25) is 9.59 Å². The molecule has 0 aromatic carbocycles. The van der Waals surface area contributed by atoms with Crippen molar-refractivity contribution in [2.75, 3.05) is 10.6 Å². The predicted molar refractivity (Wildman–Crippen MR) is 146 cm³/mol. The maximum absolute atomic E-state index is 12.5. The summed E-state index contributed by atoms with van der Waals surface area (Å²) in [5, 5.41) is 26.6. The van der Waals surface area contributed by atoms with Gasteiger partial charge in [0.05, 0.1) is 11.1 Å². The number of unbranched alkanes of at least 4 members (excludes halogenated alkanes) is 3. The fourth-order valence-corrected chi connectivity index (χ4v) is 7.71. The molecule has 36 heavy (non-hydrogen) atoms. The number of anilines is 2. The largest absolute Gasteiger partial charge is 0.317 e. The molecule has 0 aliphatic heterocycles. The molecule has 0 unspecified atom stereocenters. The summed E-state index contributed by atoms with van der Waals surface area (Å²) in [5.41, 5.74) is 3.62. The quantitative estimate of drug-likeness (QED) is 0.273. The van der Waals surface area contributed by atoms with E-state index in [0.29, 0.717) is 34.0 Å². The molecule has 0 saturated heterocycles. The van der Waals surface area contributed by atoms with Gasteiger partial charge in [-0.2, -0.15) is 10.5 Å². The van der Waals surface area contributed by atoms with Gasteiger partial charge in [-0.15, -0.1) is 22.7 Å². The van der Waals surface area contributed by atoms with Crippen LogP contribution in [0.3, 0.4) is 0 Å². The Kier molecular flexibility index (Phi) is 9.55. The number of carbonyl (C=O) groups excluding carboxylic acids is 2. The molecule has 0 bridgehead atoms. The molecule has 0 atom stereocenters. The lowest BCUT2D eigenvalue weighted by molar-refractivity contribution is -0.117. The molecule has 0 fully saturated rings. The smallest absolute Gasteiger partial charge is 0.225 e. The Labute approximate surface area is 221 Å². The number of nitrogens with one attached hydrogen (secondary N) is 2. The minimum Gasteiger partial charge on any atom is -0.317 e. The topological polar surface area (TPSA) is 106 Å². The Balaban J connectivity index is 1.16. The zero-order valence-corrected chi connectivity index (χ0v) is 22.5. The first kappa shape index (κ1) is 26.4. The van der Waals surface area contributed by atoms with Crippen LogP contribution in [0.2, 0.25) is 0 Å². The third-order valence-corrected chi connectivity index (χ3v) is 9.54. The standard InChI is InChI=1S/C28H34N4O2S2/c29-17-21-19-11-5-3-7-13-23(19)35-27(21)31-25(33)15-9-1-2-10-16-26(34)32-28-22(18-30)20-12-6-4-8-14-24(20)36-28/h1-16H2,(H,31,33)(H,32,34). The lowest BCUT2D eigenvalue weighted by atomic mass is 10.1. The third kappa shape index (κ3) is 6.55. The molecule has 2 N–H and O–H groups in total. The van der Waals surface area contributed by atoms with Crippen molar-refractivity contribution in [3.63, 3.8) is 0 Å². The van der Waals surface area contributed by atoms with Gasteiger partial charge in [0.25, 0.3) is 0 Å². The summed E-state index contributed by atoms with van der Waals surface area (Å²) in [6.07, 6.45) is 14.9. The highest BCUT2D eigenvalue weighted by atomic mass is 32.1. The molecule has 2 aliphatic carbocycles. The van der Waals surface area contributed by atoms with Crippen molar-refractivity contribution in [2.24, 2.45) is 0 Å². The summed E-state index contributed by atoms with van der Waals surface area (Å²) in [6, 6.07) is 4.63. The van der Waals surface area contributed by atoms with Crippen molar-refractivity contribution in [2.45, 2.75) is 103 Å². The predicted octanol–water partition coefficient (Wildman–Crippen LogP) is 7.01. The second-order valence-electron chi connectivity index (χ2n) is 9.77. The zero-order chi connectivity index (χ0) is 25.3. The van der Waals surface area contributed by atoms with Crippen LogP contribution < -0.4 is 10.6 Å². The summed E-state index contributed by atoms with van der Waals surface area (Å²) < 4.78 is 0. The van der Waals surface area contributed by atoms with Crippen molar-refractivity contribution >= 4 is 44.5 Å². The Hall–Kier alpha value is -2.68. The molecule has 2 heterocycles. The fourth-order valence-electron chi connectivity index (χ4n) is 5.20. The van der Waals surface area contributed by atoms with E-state index in [-0.39, 0.29) is 11.8 Å². The third-order valence-electron chi connectivity index (χ3n) is 7.13. The number of hydrogen-bond acceptors (Lipinski definition) is 6. The molecule has 0 saturated carbocycles. The normalized spacial score (nSPS) is 14.9. The van der Waals surface area contributed by atoms with E-state index < -0.39 is 0 Å². The first-order chi connectivity index (χ1) is 17.6. The number of carbonyl (C=O) groups is 2. The van der Waals surface area contributed by atoms with Gasteiger partial charge >= 0.3 is 0 Å². The average molecular weight is 523 g/mol. The number of fused-ring (bicyclic) bond motifs is 2. The zero-order valence-electron chi connectivity index (χ0n) is 20.8.